The molecule has 0 amide bonds. The number of aromatic hydroxyl groups is 1. The molecule has 2 aromatic rings. The predicted octanol–water partition coefficient (Wildman–Crippen LogP) is 2.94. The first-order valence-corrected chi connectivity index (χ1v) is 5.98. The van der Waals surface area contributed by atoms with E-state index in [1.54, 1.807) is 12.1 Å². The van der Waals surface area contributed by atoms with Gasteiger partial charge in [0.25, 0.3) is 0 Å². The SMILES string of the molecule is CC(Nc1ccc(F)cc1)(C(=O)O)c1cccc(O)c1. The number of carbonyl (C=O) groups is 1. The number of nitrogens with one attached hydrogen (secondary N) is 1. The van der Waals surface area contributed by atoms with Gasteiger partial charge in [0.2, 0.25) is 0 Å². The van der Waals surface area contributed by atoms with E-state index in [0.717, 1.165) is 0 Å². The highest BCUT2D eigenvalue weighted by molar-refractivity contribution is 5.84. The maximum absolute atomic E-state index is 12.9. The summed E-state index contributed by atoms with van der Waals surface area (Å²) in [4.78, 5) is 11.6. The predicted molar refractivity (Wildman–Crippen MR) is 73.1 cm³/mol. The van der Waals surface area contributed by atoms with Gasteiger partial charge in [-0.2, -0.15) is 0 Å². The Labute approximate surface area is 115 Å². The molecule has 0 aromatic heterocycles. The average molecular weight is 275 g/mol. The van der Waals surface area contributed by atoms with E-state index in [9.17, 15) is 19.4 Å². The lowest BCUT2D eigenvalue weighted by molar-refractivity contribution is -0.142. The summed E-state index contributed by atoms with van der Waals surface area (Å²) < 4.78 is 12.9. The maximum Gasteiger partial charge on any atom is 0.333 e. The molecule has 1 atom stereocenters. The molecule has 2 rings (SSSR count). The highest BCUT2D eigenvalue weighted by Gasteiger charge is 2.35. The molecule has 0 aliphatic heterocycles. The Hall–Kier alpha value is -2.56. The molecule has 20 heavy (non-hydrogen) atoms. The summed E-state index contributed by atoms with van der Waals surface area (Å²) in [5.41, 5.74) is -0.565. The van der Waals surface area contributed by atoms with Crippen LogP contribution in [0, 0.1) is 5.82 Å². The topological polar surface area (TPSA) is 69.6 Å². The fraction of sp³-hybridized carbons (Fsp3) is 0.133. The first-order chi connectivity index (χ1) is 9.41. The molecule has 0 radical (unpaired) electrons. The van der Waals surface area contributed by atoms with E-state index >= 15 is 0 Å². The van der Waals surface area contributed by atoms with Crippen molar-refractivity contribution in [3.63, 3.8) is 0 Å². The lowest BCUT2D eigenvalue weighted by atomic mass is 9.91. The van der Waals surface area contributed by atoms with Crippen molar-refractivity contribution in [2.75, 3.05) is 5.32 Å². The zero-order valence-corrected chi connectivity index (χ0v) is 10.8. The first-order valence-electron chi connectivity index (χ1n) is 5.98. The Kier molecular flexibility index (Phi) is 3.61. The van der Waals surface area contributed by atoms with Crippen LogP contribution in [0.2, 0.25) is 0 Å². The van der Waals surface area contributed by atoms with Gasteiger partial charge in [0.1, 0.15) is 11.6 Å². The van der Waals surface area contributed by atoms with E-state index in [1.807, 2.05) is 0 Å². The minimum Gasteiger partial charge on any atom is -0.508 e. The first kappa shape index (κ1) is 13.9. The van der Waals surface area contributed by atoms with Crippen molar-refractivity contribution in [3.8, 4) is 5.75 Å². The second-order valence-corrected chi connectivity index (χ2v) is 4.61. The standard InChI is InChI=1S/C15H14FNO3/c1-15(14(19)20,10-3-2-4-13(18)9-10)17-12-7-5-11(16)6-8-12/h2-9,17-18H,1H3,(H,19,20). The molecule has 0 heterocycles. The van der Waals surface area contributed by atoms with Crippen molar-refractivity contribution in [2.45, 2.75) is 12.5 Å². The Bertz CT molecular complexity index is 627. The maximum atomic E-state index is 12.9. The molecule has 0 saturated carbocycles. The van der Waals surface area contributed by atoms with Crippen LogP contribution in [-0.2, 0) is 10.3 Å². The minimum absolute atomic E-state index is 0.0177. The number of rotatable bonds is 4. The Morgan fingerprint density at radius 2 is 1.85 bits per heavy atom. The van der Waals surface area contributed by atoms with Crippen molar-refractivity contribution < 1.29 is 19.4 Å². The quantitative estimate of drug-likeness (QED) is 0.802. The Balaban J connectivity index is 2.39. The molecule has 0 bridgehead atoms. The number of hydrogen-bond acceptors (Lipinski definition) is 3. The molecule has 3 N–H and O–H groups in total. The third-order valence-corrected chi connectivity index (χ3v) is 3.09. The Morgan fingerprint density at radius 1 is 1.20 bits per heavy atom. The van der Waals surface area contributed by atoms with Gasteiger partial charge in [0.15, 0.2) is 5.54 Å². The summed E-state index contributed by atoms with van der Waals surface area (Å²) in [6.45, 7) is 1.48. The second kappa shape index (κ2) is 5.21. The molecule has 0 spiro atoms. The Morgan fingerprint density at radius 3 is 2.40 bits per heavy atom. The molecular formula is C15H14FNO3. The van der Waals surface area contributed by atoms with Crippen molar-refractivity contribution >= 4 is 11.7 Å². The average Bonchev–Trinajstić information content (AvgIpc) is 2.41. The highest BCUT2D eigenvalue weighted by atomic mass is 19.1. The van der Waals surface area contributed by atoms with Crippen LogP contribution in [0.1, 0.15) is 12.5 Å². The number of hydrogen-bond donors (Lipinski definition) is 3. The number of anilines is 1. The molecule has 4 nitrogen and oxygen atoms in total. The van der Waals surface area contributed by atoms with Gasteiger partial charge in [-0.25, -0.2) is 9.18 Å². The number of carboxylic acid groups (broad SMARTS) is 1. The zero-order chi connectivity index (χ0) is 14.8. The lowest BCUT2D eigenvalue weighted by Gasteiger charge is -2.28. The molecule has 104 valence electrons. The van der Waals surface area contributed by atoms with Gasteiger partial charge in [-0.3, -0.25) is 0 Å². The fourth-order valence-corrected chi connectivity index (χ4v) is 1.89. The van der Waals surface area contributed by atoms with Crippen LogP contribution in [0.5, 0.6) is 5.75 Å². The summed E-state index contributed by atoms with van der Waals surface area (Å²) in [6, 6.07) is 11.4. The molecule has 0 aliphatic rings. The number of phenols is 1. The number of benzene rings is 2. The summed E-state index contributed by atoms with van der Waals surface area (Å²) in [5, 5.41) is 21.8. The normalized spacial score (nSPS) is 13.5. The van der Waals surface area contributed by atoms with Crippen LogP contribution < -0.4 is 5.32 Å². The van der Waals surface area contributed by atoms with Gasteiger partial charge in [-0.1, -0.05) is 12.1 Å². The van der Waals surface area contributed by atoms with Crippen molar-refractivity contribution in [3.05, 3.63) is 59.9 Å². The van der Waals surface area contributed by atoms with Gasteiger partial charge < -0.3 is 15.5 Å². The number of phenolic OH excluding ortho intramolecular Hbond substituents is 1. The summed E-state index contributed by atoms with van der Waals surface area (Å²) in [5.74, 6) is -1.52. The van der Waals surface area contributed by atoms with E-state index in [2.05, 4.69) is 5.32 Å². The lowest BCUT2D eigenvalue weighted by Crippen LogP contribution is -2.40. The van der Waals surface area contributed by atoms with Crippen molar-refractivity contribution in [2.24, 2.45) is 0 Å². The van der Waals surface area contributed by atoms with E-state index in [1.165, 1.54) is 43.3 Å². The third-order valence-electron chi connectivity index (χ3n) is 3.09. The summed E-state index contributed by atoms with van der Waals surface area (Å²) in [6.07, 6.45) is 0. The molecular weight excluding hydrogens is 261 g/mol. The summed E-state index contributed by atoms with van der Waals surface area (Å²) >= 11 is 0. The molecule has 0 aliphatic carbocycles. The minimum atomic E-state index is -1.43. The molecule has 0 fully saturated rings. The van der Waals surface area contributed by atoms with Gasteiger partial charge >= 0.3 is 5.97 Å². The van der Waals surface area contributed by atoms with Crippen LogP contribution in [0.4, 0.5) is 10.1 Å². The molecule has 0 saturated heterocycles. The van der Waals surface area contributed by atoms with E-state index in [0.29, 0.717) is 11.3 Å². The van der Waals surface area contributed by atoms with Crippen molar-refractivity contribution in [1.82, 2.24) is 0 Å². The van der Waals surface area contributed by atoms with Gasteiger partial charge in [0, 0.05) is 5.69 Å². The zero-order valence-electron chi connectivity index (χ0n) is 10.8. The van der Waals surface area contributed by atoms with Gasteiger partial charge in [-0.05, 0) is 48.9 Å². The van der Waals surface area contributed by atoms with E-state index < -0.39 is 17.3 Å². The monoisotopic (exact) mass is 275 g/mol. The number of aliphatic carboxylic acids is 1. The van der Waals surface area contributed by atoms with Crippen LogP contribution in [0.15, 0.2) is 48.5 Å². The van der Waals surface area contributed by atoms with Crippen LogP contribution >= 0.6 is 0 Å². The molecule has 5 heteroatoms. The van der Waals surface area contributed by atoms with E-state index in [-0.39, 0.29) is 5.75 Å². The smallest absolute Gasteiger partial charge is 0.333 e. The van der Waals surface area contributed by atoms with Gasteiger partial charge in [0.05, 0.1) is 0 Å². The second-order valence-electron chi connectivity index (χ2n) is 4.61. The van der Waals surface area contributed by atoms with Gasteiger partial charge in [-0.15, -0.1) is 0 Å². The van der Waals surface area contributed by atoms with Crippen molar-refractivity contribution in [1.29, 1.82) is 0 Å². The van der Waals surface area contributed by atoms with Crippen LogP contribution in [0.3, 0.4) is 0 Å². The largest absolute Gasteiger partial charge is 0.508 e. The molecule has 2 aromatic carbocycles. The fourth-order valence-electron chi connectivity index (χ4n) is 1.89. The number of halogens is 1. The highest BCUT2D eigenvalue weighted by Crippen LogP contribution is 2.28. The van der Waals surface area contributed by atoms with Crippen LogP contribution in [0.25, 0.3) is 0 Å². The van der Waals surface area contributed by atoms with E-state index in [4.69, 9.17) is 0 Å². The number of carboxylic acids is 1. The molecule has 1 unspecified atom stereocenters. The summed E-state index contributed by atoms with van der Waals surface area (Å²) in [7, 11) is 0. The third kappa shape index (κ3) is 2.71. The van der Waals surface area contributed by atoms with Crippen LogP contribution in [-0.4, -0.2) is 16.2 Å².